The largest absolute Gasteiger partial charge is 0.375 e. The molecule has 0 aliphatic carbocycles. The van der Waals surface area contributed by atoms with Crippen LogP contribution >= 0.6 is 0 Å². The van der Waals surface area contributed by atoms with E-state index in [0.717, 1.165) is 5.56 Å². The predicted octanol–water partition coefficient (Wildman–Crippen LogP) is 2.90. The Hall–Kier alpha value is -3.91. The third kappa shape index (κ3) is 3.07. The van der Waals surface area contributed by atoms with Crippen LogP contribution in [0.1, 0.15) is 35.2 Å². The number of aldehydes is 1. The molecule has 0 radical (unpaired) electrons. The number of benzene rings is 2. The van der Waals surface area contributed by atoms with Crippen LogP contribution in [0.15, 0.2) is 65.9 Å². The number of amides is 1. The zero-order valence-corrected chi connectivity index (χ0v) is 17.1. The summed E-state index contributed by atoms with van der Waals surface area (Å²) >= 11 is 0. The molecule has 1 aromatic heterocycles. The van der Waals surface area contributed by atoms with Gasteiger partial charge in [-0.3, -0.25) is 15.1 Å². The summed E-state index contributed by atoms with van der Waals surface area (Å²) in [6.45, 7) is 1.47. The van der Waals surface area contributed by atoms with Crippen LogP contribution in [0.4, 0.5) is 15.9 Å². The lowest BCUT2D eigenvalue weighted by Gasteiger charge is -2.23. The number of halogens is 1. The molecule has 0 spiro atoms. The summed E-state index contributed by atoms with van der Waals surface area (Å²) in [6, 6.07) is 14.2. The molecule has 2 aliphatic rings. The van der Waals surface area contributed by atoms with Crippen molar-refractivity contribution in [2.45, 2.75) is 25.0 Å². The van der Waals surface area contributed by atoms with Crippen LogP contribution in [0.3, 0.4) is 0 Å². The first-order valence-electron chi connectivity index (χ1n) is 10.1. The lowest BCUT2D eigenvalue weighted by molar-refractivity contribution is -0.133. The highest BCUT2D eigenvalue weighted by Gasteiger charge is 2.47. The quantitative estimate of drug-likeness (QED) is 0.621. The van der Waals surface area contributed by atoms with Gasteiger partial charge < -0.3 is 9.90 Å². The molecule has 32 heavy (non-hydrogen) atoms. The molecular weight excluding hydrogens is 411 g/mol. The van der Waals surface area contributed by atoms with Crippen LogP contribution in [0.25, 0.3) is 0 Å². The monoisotopic (exact) mass is 430 g/mol. The number of anilines is 2. The zero-order valence-electron chi connectivity index (χ0n) is 17.1. The average Bonchev–Trinajstić information content (AvgIpc) is 3.00. The molecule has 3 aromatic rings. The number of pyridine rings is 1. The van der Waals surface area contributed by atoms with Gasteiger partial charge in [0.1, 0.15) is 24.0 Å². The van der Waals surface area contributed by atoms with Crippen molar-refractivity contribution in [2.75, 3.05) is 4.90 Å². The van der Waals surface area contributed by atoms with Gasteiger partial charge in [0.05, 0.1) is 11.4 Å². The van der Waals surface area contributed by atoms with Crippen molar-refractivity contribution >= 4 is 29.4 Å². The number of nitrogens with zero attached hydrogens (tertiary/aromatic N) is 3. The fourth-order valence-corrected chi connectivity index (χ4v) is 4.21. The maximum absolute atomic E-state index is 13.8. The van der Waals surface area contributed by atoms with E-state index in [9.17, 15) is 19.1 Å². The molecule has 2 unspecified atom stereocenters. The number of rotatable bonds is 4. The Morgan fingerprint density at radius 2 is 2.03 bits per heavy atom. The van der Waals surface area contributed by atoms with Crippen LogP contribution < -0.4 is 10.3 Å². The minimum absolute atomic E-state index is 0.368. The highest BCUT2D eigenvalue weighted by Crippen LogP contribution is 2.43. The number of nitrogens with one attached hydrogen (secondary N) is 1. The van der Waals surface area contributed by atoms with Gasteiger partial charge in [-0.15, -0.1) is 0 Å². The summed E-state index contributed by atoms with van der Waals surface area (Å²) in [5.74, 6) is -0.523. The number of hydrazone groups is 1. The first kappa shape index (κ1) is 20.0. The smallest absolute Gasteiger partial charge is 0.269 e. The first-order chi connectivity index (χ1) is 15.4. The Morgan fingerprint density at radius 1 is 1.22 bits per heavy atom. The Labute approximate surface area is 183 Å². The van der Waals surface area contributed by atoms with Gasteiger partial charge in [-0.25, -0.2) is 9.37 Å². The second kappa shape index (κ2) is 7.35. The molecule has 2 atom stereocenters. The standard InChI is InChI=1S/C24H19FN4O3/c1-24(32)18-4-2-3-5-21(18)29(23(24)31)22-11-14(8-9-26-22)10-19-16-7-6-15(25)12-17(16)20(13-30)28-27-19/h2-9,11-13,20,28,32H,10H2,1H3. The molecule has 0 saturated heterocycles. The number of para-hydroxylation sites is 1. The van der Waals surface area contributed by atoms with E-state index in [1.807, 2.05) is 0 Å². The molecular formula is C24H19FN4O3. The lowest BCUT2D eigenvalue weighted by atomic mass is 9.93. The normalized spacial score (nSPS) is 21.5. The lowest BCUT2D eigenvalue weighted by Crippen LogP contribution is -2.35. The van der Waals surface area contributed by atoms with Crippen molar-refractivity contribution in [3.05, 3.63) is 88.9 Å². The van der Waals surface area contributed by atoms with Crippen LogP contribution in [-0.2, 0) is 21.6 Å². The Morgan fingerprint density at radius 3 is 2.84 bits per heavy atom. The average molecular weight is 430 g/mol. The fourth-order valence-electron chi connectivity index (χ4n) is 4.21. The van der Waals surface area contributed by atoms with Crippen molar-refractivity contribution in [1.29, 1.82) is 0 Å². The molecule has 3 heterocycles. The predicted molar refractivity (Wildman–Crippen MR) is 116 cm³/mol. The molecule has 7 nitrogen and oxygen atoms in total. The van der Waals surface area contributed by atoms with Crippen molar-refractivity contribution in [2.24, 2.45) is 5.10 Å². The minimum Gasteiger partial charge on any atom is -0.375 e. The van der Waals surface area contributed by atoms with Gasteiger partial charge in [0.2, 0.25) is 0 Å². The second-order valence-electron chi connectivity index (χ2n) is 7.96. The van der Waals surface area contributed by atoms with E-state index in [2.05, 4.69) is 15.5 Å². The molecule has 0 fully saturated rings. The van der Waals surface area contributed by atoms with Crippen LogP contribution in [0.5, 0.6) is 0 Å². The number of hydrogen-bond donors (Lipinski definition) is 2. The van der Waals surface area contributed by atoms with Crippen molar-refractivity contribution in [3.8, 4) is 0 Å². The van der Waals surface area contributed by atoms with Crippen molar-refractivity contribution in [3.63, 3.8) is 0 Å². The van der Waals surface area contributed by atoms with E-state index in [4.69, 9.17) is 0 Å². The summed E-state index contributed by atoms with van der Waals surface area (Å²) in [7, 11) is 0. The SMILES string of the molecule is CC1(O)C(=O)N(c2cc(CC3=NNC(C=O)c4cc(F)ccc43)ccn2)c2ccccc21. The van der Waals surface area contributed by atoms with Gasteiger partial charge in [0.15, 0.2) is 5.60 Å². The van der Waals surface area contributed by atoms with E-state index >= 15 is 0 Å². The summed E-state index contributed by atoms with van der Waals surface area (Å²) in [6.07, 6.45) is 2.64. The number of aliphatic hydroxyl groups is 1. The third-order valence-corrected chi connectivity index (χ3v) is 5.83. The van der Waals surface area contributed by atoms with E-state index in [1.54, 1.807) is 48.7 Å². The molecule has 2 aromatic carbocycles. The maximum atomic E-state index is 13.8. The highest BCUT2D eigenvalue weighted by atomic mass is 19.1. The van der Waals surface area contributed by atoms with Crippen LogP contribution in [-0.4, -0.2) is 28.0 Å². The number of aromatic nitrogens is 1. The summed E-state index contributed by atoms with van der Waals surface area (Å²) < 4.78 is 13.8. The first-order valence-corrected chi connectivity index (χ1v) is 10.1. The number of fused-ring (bicyclic) bond motifs is 2. The minimum atomic E-state index is -1.64. The molecule has 2 aliphatic heterocycles. The van der Waals surface area contributed by atoms with E-state index in [-0.39, 0.29) is 0 Å². The van der Waals surface area contributed by atoms with Crippen molar-refractivity contribution < 1.29 is 19.1 Å². The van der Waals surface area contributed by atoms with Crippen LogP contribution in [0.2, 0.25) is 0 Å². The molecule has 0 saturated carbocycles. The summed E-state index contributed by atoms with van der Waals surface area (Å²) in [5.41, 5.74) is 4.89. The fraction of sp³-hybridized carbons (Fsp3) is 0.167. The topological polar surface area (TPSA) is 94.9 Å². The maximum Gasteiger partial charge on any atom is 0.269 e. The zero-order chi connectivity index (χ0) is 22.5. The number of carbonyl (C=O) groups is 2. The molecule has 1 amide bonds. The Kier molecular flexibility index (Phi) is 4.60. The molecule has 8 heteroatoms. The molecule has 5 rings (SSSR count). The van der Waals surface area contributed by atoms with Gasteiger partial charge >= 0.3 is 0 Å². The Bertz CT molecular complexity index is 1290. The highest BCUT2D eigenvalue weighted by molar-refractivity contribution is 6.11. The molecule has 2 N–H and O–H groups in total. The summed E-state index contributed by atoms with van der Waals surface area (Å²) in [4.78, 5) is 30.1. The van der Waals surface area contributed by atoms with Gasteiger partial charge in [0, 0.05) is 23.7 Å². The second-order valence-corrected chi connectivity index (χ2v) is 7.96. The third-order valence-electron chi connectivity index (χ3n) is 5.83. The van der Waals surface area contributed by atoms with Gasteiger partial charge in [-0.1, -0.05) is 18.2 Å². The molecule has 160 valence electrons. The van der Waals surface area contributed by atoms with Gasteiger partial charge in [-0.05, 0) is 54.4 Å². The number of hydrogen-bond acceptors (Lipinski definition) is 6. The van der Waals surface area contributed by atoms with E-state index in [1.165, 1.54) is 24.0 Å². The Balaban J connectivity index is 1.50. The van der Waals surface area contributed by atoms with Gasteiger partial charge in [-0.2, -0.15) is 5.10 Å². The summed E-state index contributed by atoms with van der Waals surface area (Å²) in [5, 5.41) is 15.1. The van der Waals surface area contributed by atoms with Gasteiger partial charge in [0.25, 0.3) is 5.91 Å². The van der Waals surface area contributed by atoms with E-state index < -0.39 is 23.4 Å². The molecule has 0 bridgehead atoms. The number of carbonyl (C=O) groups excluding carboxylic acids is 2. The van der Waals surface area contributed by atoms with Crippen molar-refractivity contribution in [1.82, 2.24) is 10.4 Å². The van der Waals surface area contributed by atoms with E-state index in [0.29, 0.717) is 46.6 Å². The van der Waals surface area contributed by atoms with Crippen LogP contribution in [0, 0.1) is 5.82 Å².